The summed E-state index contributed by atoms with van der Waals surface area (Å²) in [4.78, 5) is 26.5. The van der Waals surface area contributed by atoms with E-state index in [0.29, 0.717) is 30.1 Å². The molecule has 2 amide bonds. The maximum absolute atomic E-state index is 13.1. The molecule has 1 N–H and O–H groups in total. The first-order valence-electron chi connectivity index (χ1n) is 9.32. The Hall–Kier alpha value is -2.70. The van der Waals surface area contributed by atoms with E-state index >= 15 is 0 Å². The van der Waals surface area contributed by atoms with Crippen LogP contribution in [0.3, 0.4) is 0 Å². The molecular weight excluding hydrogens is 347 g/mol. The SMILES string of the molecule is Cc1cc(F)ccc1NC(=O)CC[C@H]1CCCN(C(=O)Cn2cccn2)C1. The van der Waals surface area contributed by atoms with Gasteiger partial charge in [0.15, 0.2) is 0 Å². The largest absolute Gasteiger partial charge is 0.341 e. The Labute approximate surface area is 158 Å². The number of rotatable bonds is 6. The van der Waals surface area contributed by atoms with E-state index in [1.165, 1.54) is 12.1 Å². The summed E-state index contributed by atoms with van der Waals surface area (Å²) in [7, 11) is 0. The predicted octanol–water partition coefficient (Wildman–Crippen LogP) is 2.99. The number of anilines is 1. The van der Waals surface area contributed by atoms with E-state index in [2.05, 4.69) is 10.4 Å². The molecule has 0 radical (unpaired) electrons. The van der Waals surface area contributed by atoms with Gasteiger partial charge in [0.1, 0.15) is 12.4 Å². The van der Waals surface area contributed by atoms with Crippen LogP contribution < -0.4 is 5.32 Å². The lowest BCUT2D eigenvalue weighted by atomic mass is 9.93. The lowest BCUT2D eigenvalue weighted by molar-refractivity contribution is -0.133. The van der Waals surface area contributed by atoms with Crippen molar-refractivity contribution >= 4 is 17.5 Å². The van der Waals surface area contributed by atoms with E-state index in [1.54, 1.807) is 36.1 Å². The Morgan fingerprint density at radius 3 is 2.96 bits per heavy atom. The zero-order valence-electron chi connectivity index (χ0n) is 15.5. The third-order valence-electron chi connectivity index (χ3n) is 4.97. The van der Waals surface area contributed by atoms with Gasteiger partial charge in [0.25, 0.3) is 0 Å². The Balaban J connectivity index is 1.46. The molecule has 0 saturated carbocycles. The Bertz CT molecular complexity index is 791. The van der Waals surface area contributed by atoms with Crippen LogP contribution in [0.15, 0.2) is 36.7 Å². The van der Waals surface area contributed by atoms with Crippen molar-refractivity contribution in [2.45, 2.75) is 39.2 Å². The Morgan fingerprint density at radius 2 is 2.22 bits per heavy atom. The number of aryl methyl sites for hydroxylation is 1. The number of aromatic nitrogens is 2. The zero-order valence-corrected chi connectivity index (χ0v) is 15.5. The van der Waals surface area contributed by atoms with Crippen molar-refractivity contribution in [1.82, 2.24) is 14.7 Å². The van der Waals surface area contributed by atoms with Gasteiger partial charge < -0.3 is 10.2 Å². The molecule has 0 unspecified atom stereocenters. The van der Waals surface area contributed by atoms with E-state index in [4.69, 9.17) is 0 Å². The molecule has 1 atom stereocenters. The van der Waals surface area contributed by atoms with Crippen molar-refractivity contribution in [2.75, 3.05) is 18.4 Å². The first kappa shape index (κ1) is 19.1. The Morgan fingerprint density at radius 1 is 1.37 bits per heavy atom. The summed E-state index contributed by atoms with van der Waals surface area (Å²) in [6.07, 6.45) is 6.54. The summed E-state index contributed by atoms with van der Waals surface area (Å²) in [6, 6.07) is 6.12. The highest BCUT2D eigenvalue weighted by Crippen LogP contribution is 2.22. The second-order valence-electron chi connectivity index (χ2n) is 7.10. The van der Waals surface area contributed by atoms with Gasteiger partial charge in [-0.3, -0.25) is 14.3 Å². The van der Waals surface area contributed by atoms with Crippen molar-refractivity contribution in [1.29, 1.82) is 0 Å². The number of halogens is 1. The second-order valence-corrected chi connectivity index (χ2v) is 7.10. The summed E-state index contributed by atoms with van der Waals surface area (Å²) in [5, 5.41) is 6.92. The van der Waals surface area contributed by atoms with Crippen molar-refractivity contribution in [3.05, 3.63) is 48.0 Å². The number of hydrogen-bond acceptors (Lipinski definition) is 3. The molecule has 1 fully saturated rings. The standard InChI is InChI=1S/C20H25FN4O2/c1-15-12-17(21)6-7-18(15)23-19(26)8-5-16-4-2-10-24(13-16)20(27)14-25-11-3-9-22-25/h3,6-7,9,11-12,16H,2,4-5,8,10,13-14H2,1H3,(H,23,26)/t16-/m1/s1. The van der Waals surface area contributed by atoms with Crippen LogP contribution >= 0.6 is 0 Å². The molecule has 2 heterocycles. The van der Waals surface area contributed by atoms with Gasteiger partial charge in [0, 0.05) is 37.6 Å². The topological polar surface area (TPSA) is 67.2 Å². The number of likely N-dealkylation sites (tertiary alicyclic amines) is 1. The van der Waals surface area contributed by atoms with E-state index < -0.39 is 0 Å². The molecule has 144 valence electrons. The van der Waals surface area contributed by atoms with Crippen LogP contribution in [0.4, 0.5) is 10.1 Å². The van der Waals surface area contributed by atoms with Crippen molar-refractivity contribution in [3.8, 4) is 0 Å². The summed E-state index contributed by atoms with van der Waals surface area (Å²) >= 11 is 0. The third-order valence-corrected chi connectivity index (χ3v) is 4.97. The minimum absolute atomic E-state index is 0.0646. The van der Waals surface area contributed by atoms with Crippen LogP contribution in [0.1, 0.15) is 31.2 Å². The highest BCUT2D eigenvalue weighted by atomic mass is 19.1. The van der Waals surface area contributed by atoms with Gasteiger partial charge in [0.05, 0.1) is 0 Å². The van der Waals surface area contributed by atoms with Gasteiger partial charge in [-0.05, 0) is 61.9 Å². The van der Waals surface area contributed by atoms with Gasteiger partial charge in [-0.1, -0.05) is 0 Å². The maximum atomic E-state index is 13.1. The zero-order chi connectivity index (χ0) is 19.2. The average molecular weight is 372 g/mol. The lowest BCUT2D eigenvalue weighted by Crippen LogP contribution is -2.41. The fraction of sp³-hybridized carbons (Fsp3) is 0.450. The molecular formula is C20H25FN4O2. The number of hydrogen-bond donors (Lipinski definition) is 1. The summed E-state index contributed by atoms with van der Waals surface area (Å²) in [5.41, 5.74) is 1.34. The van der Waals surface area contributed by atoms with Crippen molar-refractivity contribution in [2.24, 2.45) is 5.92 Å². The second kappa shape index (κ2) is 8.79. The third kappa shape index (κ3) is 5.39. The molecule has 6 nitrogen and oxygen atoms in total. The molecule has 0 aliphatic carbocycles. The van der Waals surface area contributed by atoms with Gasteiger partial charge in [-0.15, -0.1) is 0 Å². The van der Waals surface area contributed by atoms with E-state index in [9.17, 15) is 14.0 Å². The van der Waals surface area contributed by atoms with Gasteiger partial charge in [-0.25, -0.2) is 4.39 Å². The fourth-order valence-corrected chi connectivity index (χ4v) is 3.48. The maximum Gasteiger partial charge on any atom is 0.244 e. The molecule has 0 bridgehead atoms. The van der Waals surface area contributed by atoms with Gasteiger partial charge >= 0.3 is 0 Å². The van der Waals surface area contributed by atoms with Crippen LogP contribution in [-0.2, 0) is 16.1 Å². The highest BCUT2D eigenvalue weighted by Gasteiger charge is 2.24. The number of amides is 2. The number of piperidine rings is 1. The molecule has 1 aromatic carbocycles. The molecule has 1 aliphatic rings. The first-order chi connectivity index (χ1) is 13.0. The Kier molecular flexibility index (Phi) is 6.21. The molecule has 3 rings (SSSR count). The summed E-state index contributed by atoms with van der Waals surface area (Å²) in [5.74, 6) is -0.00699. The molecule has 0 spiro atoms. The average Bonchev–Trinajstić information content (AvgIpc) is 3.15. The van der Waals surface area contributed by atoms with Crippen molar-refractivity contribution in [3.63, 3.8) is 0 Å². The van der Waals surface area contributed by atoms with Crippen LogP contribution in [0.2, 0.25) is 0 Å². The van der Waals surface area contributed by atoms with Crippen LogP contribution in [0, 0.1) is 18.7 Å². The smallest absolute Gasteiger partial charge is 0.244 e. The minimum atomic E-state index is -0.312. The number of carbonyl (C=O) groups is 2. The molecule has 1 saturated heterocycles. The predicted molar refractivity (Wildman–Crippen MR) is 101 cm³/mol. The number of benzene rings is 1. The normalized spacial score (nSPS) is 17.0. The van der Waals surface area contributed by atoms with E-state index in [1.807, 2.05) is 4.90 Å². The van der Waals surface area contributed by atoms with Crippen LogP contribution in [-0.4, -0.2) is 39.6 Å². The van der Waals surface area contributed by atoms with Gasteiger partial charge in [-0.2, -0.15) is 5.10 Å². The molecule has 1 aliphatic heterocycles. The summed E-state index contributed by atoms with van der Waals surface area (Å²) in [6.45, 7) is 3.47. The molecule has 7 heteroatoms. The quantitative estimate of drug-likeness (QED) is 0.848. The van der Waals surface area contributed by atoms with Crippen LogP contribution in [0.5, 0.6) is 0 Å². The molecule has 27 heavy (non-hydrogen) atoms. The number of carbonyl (C=O) groups excluding carboxylic acids is 2. The number of nitrogens with zero attached hydrogens (tertiary/aromatic N) is 3. The lowest BCUT2D eigenvalue weighted by Gasteiger charge is -2.32. The minimum Gasteiger partial charge on any atom is -0.341 e. The van der Waals surface area contributed by atoms with Gasteiger partial charge in [0.2, 0.25) is 11.8 Å². The molecule has 2 aromatic rings. The monoisotopic (exact) mass is 372 g/mol. The van der Waals surface area contributed by atoms with Crippen LogP contribution in [0.25, 0.3) is 0 Å². The first-order valence-corrected chi connectivity index (χ1v) is 9.32. The van der Waals surface area contributed by atoms with Crippen molar-refractivity contribution < 1.29 is 14.0 Å². The van der Waals surface area contributed by atoms with E-state index in [0.717, 1.165) is 25.8 Å². The van der Waals surface area contributed by atoms with E-state index in [-0.39, 0.29) is 24.2 Å². The highest BCUT2D eigenvalue weighted by molar-refractivity contribution is 5.91. The molecule has 1 aromatic heterocycles. The summed E-state index contributed by atoms with van der Waals surface area (Å²) < 4.78 is 14.8. The number of nitrogens with one attached hydrogen (secondary N) is 1. The fourth-order valence-electron chi connectivity index (χ4n) is 3.48.